The normalized spacial score (nSPS) is 21.9. The third kappa shape index (κ3) is 4.95. The molecular formula is C19H29N3O2. The van der Waals surface area contributed by atoms with Crippen LogP contribution in [0.15, 0.2) is 24.3 Å². The molecule has 1 aromatic rings. The van der Waals surface area contributed by atoms with Gasteiger partial charge in [0.05, 0.1) is 12.6 Å². The minimum atomic E-state index is -0.00690. The second kappa shape index (κ2) is 8.49. The molecule has 0 aromatic heterocycles. The number of nitrogens with zero attached hydrogens (tertiary/aromatic N) is 1. The van der Waals surface area contributed by atoms with Crippen molar-refractivity contribution >= 4 is 17.3 Å². The zero-order valence-electron chi connectivity index (χ0n) is 14.6. The summed E-state index contributed by atoms with van der Waals surface area (Å²) in [4.78, 5) is 14.4. The van der Waals surface area contributed by atoms with Gasteiger partial charge in [-0.25, -0.2) is 0 Å². The first kappa shape index (κ1) is 17.2. The number of carbonyl (C=O) groups is 1. The zero-order valence-corrected chi connectivity index (χ0v) is 14.6. The molecule has 3 rings (SSSR count). The number of hydrogen-bond donors (Lipinski definition) is 2. The lowest BCUT2D eigenvalue weighted by atomic mass is 9.99. The number of ether oxygens (including phenoxy) is 1. The van der Waals surface area contributed by atoms with E-state index >= 15 is 0 Å². The number of rotatable bonds is 6. The van der Waals surface area contributed by atoms with Gasteiger partial charge in [-0.1, -0.05) is 6.92 Å². The molecule has 2 heterocycles. The minimum Gasteiger partial charge on any atom is -0.377 e. The molecule has 0 bridgehead atoms. The molecule has 1 aromatic carbocycles. The molecule has 2 fully saturated rings. The number of piperidine rings is 1. The fourth-order valence-electron chi connectivity index (χ4n) is 3.38. The van der Waals surface area contributed by atoms with E-state index in [9.17, 15) is 4.79 Å². The van der Waals surface area contributed by atoms with Gasteiger partial charge >= 0.3 is 0 Å². The lowest BCUT2D eigenvalue weighted by Gasteiger charge is -2.32. The van der Waals surface area contributed by atoms with Crippen molar-refractivity contribution in [1.29, 1.82) is 0 Å². The molecule has 24 heavy (non-hydrogen) atoms. The highest BCUT2D eigenvalue weighted by Crippen LogP contribution is 2.24. The van der Waals surface area contributed by atoms with Gasteiger partial charge in [0.25, 0.3) is 0 Å². The molecular weight excluding hydrogens is 302 g/mol. The first-order valence-corrected chi connectivity index (χ1v) is 9.18. The van der Waals surface area contributed by atoms with E-state index in [1.165, 1.54) is 18.5 Å². The maximum atomic E-state index is 12.0. The van der Waals surface area contributed by atoms with Crippen LogP contribution in [0.2, 0.25) is 0 Å². The molecule has 2 saturated heterocycles. The Kier molecular flexibility index (Phi) is 6.10. The van der Waals surface area contributed by atoms with E-state index in [0.29, 0.717) is 6.54 Å². The van der Waals surface area contributed by atoms with Crippen LogP contribution in [0.3, 0.4) is 0 Å². The largest absolute Gasteiger partial charge is 0.377 e. The molecule has 1 atom stereocenters. The van der Waals surface area contributed by atoms with Crippen molar-refractivity contribution < 1.29 is 9.53 Å². The molecule has 2 N–H and O–H groups in total. The minimum absolute atomic E-state index is 0.00690. The highest BCUT2D eigenvalue weighted by molar-refractivity contribution is 5.92. The van der Waals surface area contributed by atoms with E-state index in [4.69, 9.17) is 4.74 Å². The molecule has 5 nitrogen and oxygen atoms in total. The highest BCUT2D eigenvalue weighted by atomic mass is 16.5. The van der Waals surface area contributed by atoms with Crippen LogP contribution in [0.1, 0.15) is 32.6 Å². The van der Waals surface area contributed by atoms with Crippen molar-refractivity contribution in [3.8, 4) is 0 Å². The Labute approximate surface area is 144 Å². The first-order chi connectivity index (χ1) is 11.7. The average Bonchev–Trinajstić information content (AvgIpc) is 3.10. The van der Waals surface area contributed by atoms with Gasteiger partial charge in [0.1, 0.15) is 0 Å². The van der Waals surface area contributed by atoms with Crippen LogP contribution in [-0.2, 0) is 9.53 Å². The lowest BCUT2D eigenvalue weighted by Crippen LogP contribution is -2.33. The van der Waals surface area contributed by atoms with Gasteiger partial charge < -0.3 is 20.3 Å². The number of hydrogen-bond acceptors (Lipinski definition) is 4. The number of benzene rings is 1. The monoisotopic (exact) mass is 331 g/mol. The van der Waals surface area contributed by atoms with Crippen molar-refractivity contribution in [2.75, 3.05) is 43.0 Å². The molecule has 0 radical (unpaired) electrons. The molecule has 5 heteroatoms. The summed E-state index contributed by atoms with van der Waals surface area (Å²) in [6.45, 7) is 6.50. The topological polar surface area (TPSA) is 53.6 Å². The maximum Gasteiger partial charge on any atom is 0.238 e. The predicted octanol–water partition coefficient (Wildman–Crippen LogP) is 2.63. The van der Waals surface area contributed by atoms with Gasteiger partial charge in [0.2, 0.25) is 5.91 Å². The molecule has 0 saturated carbocycles. The smallest absolute Gasteiger partial charge is 0.238 e. The molecule has 0 spiro atoms. The molecule has 2 aliphatic rings. The number of anilines is 2. The highest BCUT2D eigenvalue weighted by Gasteiger charge is 2.16. The summed E-state index contributed by atoms with van der Waals surface area (Å²) in [7, 11) is 0. The van der Waals surface area contributed by atoms with Crippen LogP contribution in [0, 0.1) is 5.92 Å². The van der Waals surface area contributed by atoms with E-state index in [0.717, 1.165) is 50.7 Å². The molecule has 2 aliphatic heterocycles. The van der Waals surface area contributed by atoms with Crippen LogP contribution < -0.4 is 15.5 Å². The third-order valence-electron chi connectivity index (χ3n) is 4.98. The van der Waals surface area contributed by atoms with Crippen LogP contribution in [0.25, 0.3) is 0 Å². The van der Waals surface area contributed by atoms with Crippen LogP contribution in [0.4, 0.5) is 11.4 Å². The summed E-state index contributed by atoms with van der Waals surface area (Å²) >= 11 is 0. The first-order valence-electron chi connectivity index (χ1n) is 9.18. The van der Waals surface area contributed by atoms with Crippen LogP contribution >= 0.6 is 0 Å². The third-order valence-corrected chi connectivity index (χ3v) is 4.98. The van der Waals surface area contributed by atoms with E-state index in [1.807, 2.05) is 12.1 Å². The van der Waals surface area contributed by atoms with Gasteiger partial charge in [-0.3, -0.25) is 4.79 Å². The van der Waals surface area contributed by atoms with Gasteiger partial charge in [-0.2, -0.15) is 0 Å². The SMILES string of the molecule is CC1CCN(c2ccc(NC(=O)CNCC3CCCO3)cc2)CC1. The predicted molar refractivity (Wildman–Crippen MR) is 97.5 cm³/mol. The summed E-state index contributed by atoms with van der Waals surface area (Å²) in [6, 6.07) is 8.19. The van der Waals surface area contributed by atoms with E-state index in [1.54, 1.807) is 0 Å². The summed E-state index contributed by atoms with van der Waals surface area (Å²) in [6.07, 6.45) is 5.00. The molecule has 132 valence electrons. The van der Waals surface area contributed by atoms with Crippen molar-refractivity contribution in [3.63, 3.8) is 0 Å². The van der Waals surface area contributed by atoms with Gasteiger partial charge in [-0.15, -0.1) is 0 Å². The van der Waals surface area contributed by atoms with Crippen LogP contribution in [-0.4, -0.2) is 44.8 Å². The van der Waals surface area contributed by atoms with E-state index in [2.05, 4.69) is 34.6 Å². The fraction of sp³-hybridized carbons (Fsp3) is 0.632. The van der Waals surface area contributed by atoms with Crippen molar-refractivity contribution in [2.24, 2.45) is 5.92 Å². The number of carbonyl (C=O) groups excluding carboxylic acids is 1. The summed E-state index contributed by atoms with van der Waals surface area (Å²) in [5, 5.41) is 6.11. The second-order valence-corrected chi connectivity index (χ2v) is 7.03. The summed E-state index contributed by atoms with van der Waals surface area (Å²) in [5.74, 6) is 0.828. The molecule has 1 unspecified atom stereocenters. The van der Waals surface area contributed by atoms with Crippen LogP contribution in [0.5, 0.6) is 0 Å². The zero-order chi connectivity index (χ0) is 16.8. The van der Waals surface area contributed by atoms with Gasteiger partial charge in [-0.05, 0) is 55.9 Å². The number of nitrogens with one attached hydrogen (secondary N) is 2. The quantitative estimate of drug-likeness (QED) is 0.841. The van der Waals surface area contributed by atoms with Gasteiger partial charge in [0.15, 0.2) is 0 Å². The summed E-state index contributed by atoms with van der Waals surface area (Å²) < 4.78 is 5.53. The van der Waals surface area contributed by atoms with E-state index < -0.39 is 0 Å². The molecule has 0 aliphatic carbocycles. The fourth-order valence-corrected chi connectivity index (χ4v) is 3.38. The van der Waals surface area contributed by atoms with Crippen molar-refractivity contribution in [3.05, 3.63) is 24.3 Å². The Bertz CT molecular complexity index is 518. The molecule has 1 amide bonds. The maximum absolute atomic E-state index is 12.0. The average molecular weight is 331 g/mol. The van der Waals surface area contributed by atoms with Crippen molar-refractivity contribution in [1.82, 2.24) is 5.32 Å². The Morgan fingerprint density at radius 2 is 1.96 bits per heavy atom. The standard InChI is InChI=1S/C19H29N3O2/c1-15-8-10-22(11-9-15)17-6-4-16(5-7-17)21-19(23)14-20-13-18-3-2-12-24-18/h4-7,15,18,20H,2-3,8-14H2,1H3,(H,21,23). The van der Waals surface area contributed by atoms with Crippen molar-refractivity contribution in [2.45, 2.75) is 38.7 Å². The Morgan fingerprint density at radius 3 is 2.62 bits per heavy atom. The lowest BCUT2D eigenvalue weighted by molar-refractivity contribution is -0.115. The Balaban J connectivity index is 1.41. The summed E-state index contributed by atoms with van der Waals surface area (Å²) in [5.41, 5.74) is 2.10. The Hall–Kier alpha value is -1.59. The van der Waals surface area contributed by atoms with E-state index in [-0.39, 0.29) is 12.0 Å². The second-order valence-electron chi connectivity index (χ2n) is 7.03. The van der Waals surface area contributed by atoms with Gasteiger partial charge in [0, 0.05) is 37.6 Å². The number of amides is 1. The Morgan fingerprint density at radius 1 is 1.21 bits per heavy atom.